The summed E-state index contributed by atoms with van der Waals surface area (Å²) in [4.78, 5) is 0. The van der Waals surface area contributed by atoms with Gasteiger partial charge in [0.2, 0.25) is 0 Å². The first-order valence-electron chi connectivity index (χ1n) is 13.6. The van der Waals surface area contributed by atoms with Crippen LogP contribution in [-0.2, 0) is 12.8 Å². The molecule has 0 spiro atoms. The van der Waals surface area contributed by atoms with Gasteiger partial charge in [-0.3, -0.25) is 0 Å². The average molecular weight is 413 g/mol. The van der Waals surface area contributed by atoms with E-state index in [1.807, 2.05) is 12.1 Å². The molecular formula is C29H48O. The van der Waals surface area contributed by atoms with Crippen LogP contribution in [0.2, 0.25) is 0 Å². The molecule has 2 aliphatic carbocycles. The molecule has 2 aliphatic rings. The van der Waals surface area contributed by atoms with Gasteiger partial charge in [0.1, 0.15) is 5.75 Å². The number of aryl methyl sites for hydroxylation is 1. The van der Waals surface area contributed by atoms with E-state index in [9.17, 15) is 5.11 Å². The van der Waals surface area contributed by atoms with E-state index in [0.29, 0.717) is 5.75 Å². The van der Waals surface area contributed by atoms with Crippen LogP contribution in [0.5, 0.6) is 5.75 Å². The minimum atomic E-state index is 0.436. The number of unbranched alkanes of at least 4 members (excludes halogenated alkanes) is 8. The maximum absolute atomic E-state index is 9.68. The monoisotopic (exact) mass is 412 g/mol. The molecule has 30 heavy (non-hydrogen) atoms. The van der Waals surface area contributed by atoms with Gasteiger partial charge in [0.15, 0.2) is 0 Å². The Bertz CT molecular complexity index is 584. The lowest BCUT2D eigenvalue weighted by Crippen LogP contribution is -2.18. The highest BCUT2D eigenvalue weighted by Crippen LogP contribution is 2.37. The van der Waals surface area contributed by atoms with Crippen molar-refractivity contribution in [2.45, 2.75) is 129 Å². The second kappa shape index (κ2) is 13.4. The second-order valence-corrected chi connectivity index (χ2v) is 10.6. The second-order valence-electron chi connectivity index (χ2n) is 10.6. The van der Waals surface area contributed by atoms with Gasteiger partial charge < -0.3 is 5.11 Å². The first-order valence-corrected chi connectivity index (χ1v) is 13.6. The van der Waals surface area contributed by atoms with Gasteiger partial charge in [-0.2, -0.15) is 0 Å². The summed E-state index contributed by atoms with van der Waals surface area (Å²) in [7, 11) is 0. The maximum atomic E-state index is 9.68. The van der Waals surface area contributed by atoms with Gasteiger partial charge in [0.25, 0.3) is 0 Å². The number of phenols is 1. The highest BCUT2D eigenvalue weighted by molar-refractivity contribution is 5.36. The number of hydrogen-bond donors (Lipinski definition) is 1. The predicted molar refractivity (Wildman–Crippen MR) is 130 cm³/mol. The van der Waals surface area contributed by atoms with Crippen molar-refractivity contribution < 1.29 is 5.11 Å². The van der Waals surface area contributed by atoms with Gasteiger partial charge in [0.05, 0.1) is 0 Å². The number of aromatic hydroxyl groups is 1. The summed E-state index contributed by atoms with van der Waals surface area (Å²) >= 11 is 0. The summed E-state index contributed by atoms with van der Waals surface area (Å²) in [6.07, 6.45) is 27.3. The molecule has 0 heterocycles. The lowest BCUT2D eigenvalue weighted by Gasteiger charge is -2.31. The smallest absolute Gasteiger partial charge is 0.115 e. The highest BCUT2D eigenvalue weighted by Gasteiger charge is 2.23. The molecule has 1 unspecified atom stereocenters. The molecule has 1 saturated carbocycles. The van der Waals surface area contributed by atoms with Crippen LogP contribution in [0.1, 0.15) is 127 Å². The van der Waals surface area contributed by atoms with Crippen LogP contribution >= 0.6 is 0 Å². The summed E-state index contributed by atoms with van der Waals surface area (Å²) < 4.78 is 0. The first kappa shape index (κ1) is 23.7. The molecule has 0 aromatic heterocycles. The Balaban J connectivity index is 1.20. The maximum Gasteiger partial charge on any atom is 0.115 e. The summed E-state index contributed by atoms with van der Waals surface area (Å²) in [5.41, 5.74) is 2.89. The van der Waals surface area contributed by atoms with Crippen molar-refractivity contribution in [3.8, 4) is 5.75 Å². The van der Waals surface area contributed by atoms with E-state index < -0.39 is 0 Å². The molecule has 0 amide bonds. The van der Waals surface area contributed by atoms with E-state index in [1.54, 1.807) is 0 Å². The molecule has 1 heteroatoms. The fourth-order valence-electron chi connectivity index (χ4n) is 6.09. The lowest BCUT2D eigenvalue weighted by atomic mass is 9.75. The van der Waals surface area contributed by atoms with Crippen LogP contribution in [-0.4, -0.2) is 5.11 Å². The Hall–Kier alpha value is -0.980. The van der Waals surface area contributed by atoms with Crippen molar-refractivity contribution in [1.29, 1.82) is 0 Å². The summed E-state index contributed by atoms with van der Waals surface area (Å²) in [6.45, 7) is 2.30. The summed E-state index contributed by atoms with van der Waals surface area (Å²) in [5, 5.41) is 9.68. The van der Waals surface area contributed by atoms with E-state index in [2.05, 4.69) is 13.0 Å². The van der Waals surface area contributed by atoms with Crippen molar-refractivity contribution in [2.75, 3.05) is 0 Å². The molecule has 3 rings (SSSR count). The molecule has 1 nitrogen and oxygen atoms in total. The molecule has 1 aromatic carbocycles. The minimum absolute atomic E-state index is 0.436. The number of rotatable bonds is 13. The Morgan fingerprint density at radius 3 is 1.97 bits per heavy atom. The van der Waals surface area contributed by atoms with Crippen LogP contribution < -0.4 is 0 Å². The minimum Gasteiger partial charge on any atom is -0.508 e. The summed E-state index contributed by atoms with van der Waals surface area (Å²) in [6, 6.07) is 6.02. The molecule has 1 atom stereocenters. The van der Waals surface area contributed by atoms with Gasteiger partial charge in [-0.15, -0.1) is 0 Å². The third-order valence-electron chi connectivity index (χ3n) is 8.19. The zero-order valence-electron chi connectivity index (χ0n) is 19.8. The van der Waals surface area contributed by atoms with Gasteiger partial charge in [0, 0.05) is 0 Å². The Morgan fingerprint density at radius 1 is 0.667 bits per heavy atom. The first-order chi connectivity index (χ1) is 14.7. The van der Waals surface area contributed by atoms with Gasteiger partial charge in [-0.1, -0.05) is 109 Å². The topological polar surface area (TPSA) is 20.2 Å². The van der Waals surface area contributed by atoms with Gasteiger partial charge >= 0.3 is 0 Å². The third-order valence-corrected chi connectivity index (χ3v) is 8.19. The number of benzene rings is 1. The predicted octanol–water partition coefficient (Wildman–Crippen LogP) is 9.00. The quantitative estimate of drug-likeness (QED) is 0.320. The number of hydrogen-bond acceptors (Lipinski definition) is 1. The third kappa shape index (κ3) is 8.27. The van der Waals surface area contributed by atoms with Gasteiger partial charge in [-0.05, 0) is 66.7 Å². The van der Waals surface area contributed by atoms with Crippen molar-refractivity contribution >= 4 is 0 Å². The normalized spacial score (nSPS) is 24.0. The number of fused-ring (bicyclic) bond motifs is 1. The molecule has 0 saturated heterocycles. The SMILES string of the molecule is CCCCCCCCCCCC1CCC(CCC2CCc3cc(O)ccc3C2)CC1. The van der Waals surface area contributed by atoms with Crippen molar-refractivity contribution in [1.82, 2.24) is 0 Å². The van der Waals surface area contributed by atoms with Crippen molar-refractivity contribution in [2.24, 2.45) is 17.8 Å². The van der Waals surface area contributed by atoms with E-state index >= 15 is 0 Å². The average Bonchev–Trinajstić information content (AvgIpc) is 2.77. The molecule has 0 radical (unpaired) electrons. The molecule has 170 valence electrons. The zero-order valence-corrected chi connectivity index (χ0v) is 19.8. The number of phenolic OH excluding ortho intramolecular Hbond substituents is 1. The van der Waals surface area contributed by atoms with Crippen LogP contribution in [0, 0.1) is 17.8 Å². The molecule has 1 aromatic rings. The van der Waals surface area contributed by atoms with Crippen molar-refractivity contribution in [3.63, 3.8) is 0 Å². The van der Waals surface area contributed by atoms with Gasteiger partial charge in [-0.25, -0.2) is 0 Å². The Morgan fingerprint density at radius 2 is 1.27 bits per heavy atom. The molecule has 1 N–H and O–H groups in total. The van der Waals surface area contributed by atoms with Crippen molar-refractivity contribution in [3.05, 3.63) is 29.3 Å². The van der Waals surface area contributed by atoms with E-state index in [-0.39, 0.29) is 0 Å². The van der Waals surface area contributed by atoms with E-state index in [1.165, 1.54) is 133 Å². The highest BCUT2D eigenvalue weighted by atomic mass is 16.3. The standard InChI is InChI=1S/C29H48O/c1-2-3-4-5-6-7-8-9-10-11-24-12-14-25(15-13-24)16-17-26-18-19-28-23-29(30)21-20-27(28)22-26/h20-21,23-26,30H,2-19,22H2,1H3. The Kier molecular flexibility index (Phi) is 10.6. The van der Waals surface area contributed by atoms with E-state index in [4.69, 9.17) is 0 Å². The molecule has 1 fully saturated rings. The Labute approximate surface area is 187 Å². The molecular weight excluding hydrogens is 364 g/mol. The molecule has 0 bridgehead atoms. The van der Waals surface area contributed by atoms with Crippen LogP contribution in [0.15, 0.2) is 18.2 Å². The van der Waals surface area contributed by atoms with Crippen LogP contribution in [0.3, 0.4) is 0 Å². The fourth-order valence-corrected chi connectivity index (χ4v) is 6.09. The largest absolute Gasteiger partial charge is 0.508 e. The molecule has 0 aliphatic heterocycles. The zero-order chi connectivity index (χ0) is 21.0. The van der Waals surface area contributed by atoms with E-state index in [0.717, 1.165) is 17.8 Å². The fraction of sp³-hybridized carbons (Fsp3) is 0.793. The summed E-state index contributed by atoms with van der Waals surface area (Å²) in [5.74, 6) is 3.36. The van der Waals surface area contributed by atoms with Crippen LogP contribution in [0.4, 0.5) is 0 Å². The van der Waals surface area contributed by atoms with Crippen LogP contribution in [0.25, 0.3) is 0 Å². The lowest BCUT2D eigenvalue weighted by molar-refractivity contribution is 0.233.